The van der Waals surface area contributed by atoms with Gasteiger partial charge in [0, 0.05) is 41.3 Å². The minimum absolute atomic E-state index is 0.0107. The Kier molecular flexibility index (Phi) is 6.50. The van der Waals surface area contributed by atoms with Crippen LogP contribution < -0.4 is 16.0 Å². The van der Waals surface area contributed by atoms with Crippen LogP contribution >= 0.6 is 0 Å². The first-order valence-electron chi connectivity index (χ1n) is 12.7. The van der Waals surface area contributed by atoms with Gasteiger partial charge in [-0.25, -0.2) is 9.97 Å². The van der Waals surface area contributed by atoms with Crippen molar-refractivity contribution in [2.75, 3.05) is 5.32 Å². The number of rotatable bonds is 7. The zero-order chi connectivity index (χ0) is 23.7. The minimum atomic E-state index is 0.0107. The van der Waals surface area contributed by atoms with Crippen molar-refractivity contribution in [3.8, 4) is 11.1 Å². The number of aromatic nitrogens is 2. The third kappa shape index (κ3) is 5.22. The number of aryl methyl sites for hydroxylation is 1. The van der Waals surface area contributed by atoms with E-state index in [1.54, 1.807) is 0 Å². The molecule has 0 saturated heterocycles. The Bertz CT molecular complexity index is 1190. The molecule has 1 amide bonds. The van der Waals surface area contributed by atoms with E-state index in [4.69, 9.17) is 4.98 Å². The van der Waals surface area contributed by atoms with Crippen molar-refractivity contribution in [3.63, 3.8) is 0 Å². The molecule has 0 spiro atoms. The van der Waals surface area contributed by atoms with Crippen LogP contribution in [0.1, 0.15) is 68.3 Å². The maximum absolute atomic E-state index is 12.5. The molecule has 6 nitrogen and oxygen atoms in total. The molecular weight excluding hydrogens is 422 g/mol. The molecule has 1 heterocycles. The van der Waals surface area contributed by atoms with Crippen LogP contribution in [0, 0.1) is 6.92 Å². The second-order valence-corrected chi connectivity index (χ2v) is 10.2. The summed E-state index contributed by atoms with van der Waals surface area (Å²) in [5.74, 6) is 0.703. The number of carbonyl (C=O) groups excluding carboxylic acids is 1. The molecule has 6 heteroatoms. The Labute approximate surface area is 202 Å². The molecular formula is C28H35N5O. The second kappa shape index (κ2) is 9.71. The second-order valence-electron chi connectivity index (χ2n) is 10.2. The summed E-state index contributed by atoms with van der Waals surface area (Å²) in [6, 6.07) is 13.8. The first kappa shape index (κ1) is 22.8. The topological polar surface area (TPSA) is 78.9 Å². The first-order chi connectivity index (χ1) is 16.5. The van der Waals surface area contributed by atoms with Crippen molar-refractivity contribution in [2.45, 2.75) is 83.5 Å². The summed E-state index contributed by atoms with van der Waals surface area (Å²) in [7, 11) is 0. The standard InChI is InChI=1S/C28H35N5O/c1-17(2)30-25-6-4-5-7-26(25)33-28-29-16-21-14-19(10-13-24(21)32-28)23-15-20(9-8-18(23)3)27(34)31-22-11-12-22/h8-10,13-17,22,25-26,30H,4-7,11-12H2,1-3H3,(H,31,34)(H,29,32,33)/t25-,26-/m0/s1. The zero-order valence-corrected chi connectivity index (χ0v) is 20.4. The van der Waals surface area contributed by atoms with Gasteiger partial charge in [-0.3, -0.25) is 4.79 Å². The van der Waals surface area contributed by atoms with Crippen LogP contribution in [-0.4, -0.2) is 40.0 Å². The van der Waals surface area contributed by atoms with Crippen LogP contribution in [0.2, 0.25) is 0 Å². The molecule has 0 unspecified atom stereocenters. The minimum Gasteiger partial charge on any atom is -0.350 e. The van der Waals surface area contributed by atoms with Crippen LogP contribution in [0.25, 0.3) is 22.0 Å². The van der Waals surface area contributed by atoms with Crippen molar-refractivity contribution >= 4 is 22.8 Å². The van der Waals surface area contributed by atoms with E-state index in [1.165, 1.54) is 19.3 Å². The maximum Gasteiger partial charge on any atom is 0.251 e. The summed E-state index contributed by atoms with van der Waals surface area (Å²) >= 11 is 0. The monoisotopic (exact) mass is 457 g/mol. The van der Waals surface area contributed by atoms with Crippen molar-refractivity contribution in [3.05, 3.63) is 53.7 Å². The number of hydrogen-bond acceptors (Lipinski definition) is 5. The van der Waals surface area contributed by atoms with Gasteiger partial charge in [0.15, 0.2) is 0 Å². The van der Waals surface area contributed by atoms with Crippen LogP contribution in [0.3, 0.4) is 0 Å². The number of nitrogens with one attached hydrogen (secondary N) is 3. The summed E-state index contributed by atoms with van der Waals surface area (Å²) in [5.41, 5.74) is 4.91. The number of anilines is 1. The molecule has 2 saturated carbocycles. The highest BCUT2D eigenvalue weighted by atomic mass is 16.1. The van der Waals surface area contributed by atoms with Crippen molar-refractivity contribution in [1.82, 2.24) is 20.6 Å². The lowest BCUT2D eigenvalue weighted by molar-refractivity contribution is 0.0951. The Morgan fingerprint density at radius 3 is 2.56 bits per heavy atom. The highest BCUT2D eigenvalue weighted by Crippen LogP contribution is 2.29. The molecule has 0 radical (unpaired) electrons. The molecule has 34 heavy (non-hydrogen) atoms. The van der Waals surface area contributed by atoms with E-state index >= 15 is 0 Å². The van der Waals surface area contributed by atoms with Gasteiger partial charge in [-0.05, 0) is 73.6 Å². The van der Waals surface area contributed by atoms with Gasteiger partial charge >= 0.3 is 0 Å². The summed E-state index contributed by atoms with van der Waals surface area (Å²) in [6.07, 6.45) is 8.90. The zero-order valence-electron chi connectivity index (χ0n) is 20.4. The molecule has 1 aromatic heterocycles. The predicted octanol–water partition coefficient (Wildman–Crippen LogP) is 5.22. The van der Waals surface area contributed by atoms with E-state index in [9.17, 15) is 4.79 Å². The number of amides is 1. The van der Waals surface area contributed by atoms with Crippen molar-refractivity contribution in [1.29, 1.82) is 0 Å². The van der Waals surface area contributed by atoms with Gasteiger partial charge in [0.2, 0.25) is 5.95 Å². The Morgan fingerprint density at radius 2 is 1.79 bits per heavy atom. The van der Waals surface area contributed by atoms with Gasteiger partial charge in [0.25, 0.3) is 5.91 Å². The fraction of sp³-hybridized carbons (Fsp3) is 0.464. The van der Waals surface area contributed by atoms with Crippen molar-refractivity contribution < 1.29 is 4.79 Å². The van der Waals surface area contributed by atoms with Crippen LogP contribution in [0.15, 0.2) is 42.6 Å². The maximum atomic E-state index is 12.5. The average Bonchev–Trinajstić information content (AvgIpc) is 3.64. The van der Waals surface area contributed by atoms with E-state index in [1.807, 2.05) is 24.4 Å². The predicted molar refractivity (Wildman–Crippen MR) is 138 cm³/mol. The van der Waals surface area contributed by atoms with E-state index in [0.717, 1.165) is 46.9 Å². The molecule has 2 aromatic carbocycles. The Hall–Kier alpha value is -2.99. The SMILES string of the molecule is Cc1ccc(C(=O)NC2CC2)cc1-c1ccc2nc(N[C@H]3CCCC[C@@H]3NC(C)C)ncc2c1. The largest absolute Gasteiger partial charge is 0.350 e. The lowest BCUT2D eigenvalue weighted by atomic mass is 9.90. The molecule has 2 atom stereocenters. The summed E-state index contributed by atoms with van der Waals surface area (Å²) in [4.78, 5) is 22.0. The molecule has 2 fully saturated rings. The van der Waals surface area contributed by atoms with Gasteiger partial charge < -0.3 is 16.0 Å². The van der Waals surface area contributed by atoms with Gasteiger partial charge in [-0.15, -0.1) is 0 Å². The van der Waals surface area contributed by atoms with Crippen LogP contribution in [-0.2, 0) is 0 Å². The van der Waals surface area contributed by atoms with Crippen molar-refractivity contribution in [2.24, 2.45) is 0 Å². The number of benzene rings is 2. The van der Waals surface area contributed by atoms with Gasteiger partial charge in [-0.2, -0.15) is 0 Å². The molecule has 3 aromatic rings. The molecule has 2 aliphatic carbocycles. The third-order valence-electron chi connectivity index (χ3n) is 6.93. The number of fused-ring (bicyclic) bond motifs is 1. The fourth-order valence-electron chi connectivity index (χ4n) is 4.94. The first-order valence-corrected chi connectivity index (χ1v) is 12.7. The summed E-state index contributed by atoms with van der Waals surface area (Å²) in [5, 5.41) is 11.4. The summed E-state index contributed by atoms with van der Waals surface area (Å²) in [6.45, 7) is 6.48. The van der Waals surface area contributed by atoms with E-state index < -0.39 is 0 Å². The normalized spacial score (nSPS) is 20.5. The molecule has 2 aliphatic rings. The number of nitrogens with zero attached hydrogens (tertiary/aromatic N) is 2. The van der Waals surface area contributed by atoms with Gasteiger partial charge in [-0.1, -0.05) is 38.8 Å². The Morgan fingerprint density at radius 1 is 1.00 bits per heavy atom. The smallest absolute Gasteiger partial charge is 0.251 e. The number of carbonyl (C=O) groups is 1. The van der Waals surface area contributed by atoms with Gasteiger partial charge in [0.05, 0.1) is 5.52 Å². The third-order valence-corrected chi connectivity index (χ3v) is 6.93. The van der Waals surface area contributed by atoms with E-state index in [-0.39, 0.29) is 5.91 Å². The van der Waals surface area contributed by atoms with Crippen LogP contribution in [0.5, 0.6) is 0 Å². The lowest BCUT2D eigenvalue weighted by Crippen LogP contribution is -2.48. The molecule has 0 bridgehead atoms. The molecule has 5 rings (SSSR count). The molecule has 3 N–H and O–H groups in total. The quantitative estimate of drug-likeness (QED) is 0.453. The summed E-state index contributed by atoms with van der Waals surface area (Å²) < 4.78 is 0. The van der Waals surface area contributed by atoms with E-state index in [0.29, 0.717) is 35.7 Å². The Balaban J connectivity index is 1.36. The van der Waals surface area contributed by atoms with Gasteiger partial charge in [0.1, 0.15) is 0 Å². The molecule has 0 aliphatic heterocycles. The highest BCUT2D eigenvalue weighted by Gasteiger charge is 2.26. The fourth-order valence-corrected chi connectivity index (χ4v) is 4.94. The average molecular weight is 458 g/mol. The highest BCUT2D eigenvalue weighted by molar-refractivity contribution is 5.96. The number of hydrogen-bond donors (Lipinski definition) is 3. The molecule has 178 valence electrons. The van der Waals surface area contributed by atoms with Crippen LogP contribution in [0.4, 0.5) is 5.95 Å². The van der Waals surface area contributed by atoms with E-state index in [2.05, 4.69) is 59.9 Å². The lowest BCUT2D eigenvalue weighted by Gasteiger charge is -2.34.